The third-order valence-corrected chi connectivity index (χ3v) is 4.15. The van der Waals surface area contributed by atoms with Gasteiger partial charge >= 0.3 is 0 Å². The first-order chi connectivity index (χ1) is 9.54. The van der Waals surface area contributed by atoms with Gasteiger partial charge in [-0.05, 0) is 25.3 Å². The first-order valence-electron chi connectivity index (χ1n) is 6.80. The van der Waals surface area contributed by atoms with Crippen LogP contribution in [-0.4, -0.2) is 29.0 Å². The first-order valence-corrected chi connectivity index (χ1v) is 7.62. The smallest absolute Gasteiger partial charge is 0.261 e. The van der Waals surface area contributed by atoms with E-state index < -0.39 is 0 Å². The van der Waals surface area contributed by atoms with Gasteiger partial charge in [-0.1, -0.05) is 13.8 Å². The first kappa shape index (κ1) is 14.7. The Kier molecular flexibility index (Phi) is 4.54. The Labute approximate surface area is 122 Å². The van der Waals surface area contributed by atoms with E-state index in [2.05, 4.69) is 34.4 Å². The number of aromatic nitrogens is 2. The molecule has 2 N–H and O–H groups in total. The lowest BCUT2D eigenvalue weighted by atomic mass is 10.2. The predicted octanol–water partition coefficient (Wildman–Crippen LogP) is 2.82. The van der Waals surface area contributed by atoms with Crippen LogP contribution < -0.4 is 10.6 Å². The van der Waals surface area contributed by atoms with Gasteiger partial charge in [-0.25, -0.2) is 9.97 Å². The predicted molar refractivity (Wildman–Crippen MR) is 83.5 cm³/mol. The number of amides is 1. The lowest BCUT2D eigenvalue weighted by Gasteiger charge is -2.07. The highest BCUT2D eigenvalue weighted by Crippen LogP contribution is 2.33. The highest BCUT2D eigenvalue weighted by Gasteiger charge is 2.18. The molecule has 0 unspecified atom stereocenters. The van der Waals surface area contributed by atoms with Crippen LogP contribution in [0.1, 0.15) is 36.0 Å². The van der Waals surface area contributed by atoms with Crippen molar-refractivity contribution in [3.63, 3.8) is 0 Å². The minimum Gasteiger partial charge on any atom is -0.370 e. The van der Waals surface area contributed by atoms with Gasteiger partial charge in [0.05, 0.1) is 10.3 Å². The molecule has 0 saturated carbocycles. The standard InChI is InChI=1S/C14H20N4OS/c1-5-15-12-10-9(4)11(13(19)16-6-8(2)3)20-14(10)18-7-17-12/h7-8H,5-6H2,1-4H3,(H,16,19)(H,15,17,18). The van der Waals surface area contributed by atoms with Crippen molar-refractivity contribution in [1.82, 2.24) is 15.3 Å². The second-order valence-corrected chi connectivity index (χ2v) is 6.09. The van der Waals surface area contributed by atoms with Gasteiger partial charge in [0.15, 0.2) is 0 Å². The molecule has 108 valence electrons. The molecule has 2 rings (SSSR count). The number of fused-ring (bicyclic) bond motifs is 1. The second-order valence-electron chi connectivity index (χ2n) is 5.09. The topological polar surface area (TPSA) is 66.9 Å². The summed E-state index contributed by atoms with van der Waals surface area (Å²) in [5.74, 6) is 1.21. The van der Waals surface area contributed by atoms with Gasteiger partial charge in [0.1, 0.15) is 17.0 Å². The number of carbonyl (C=O) groups is 1. The number of nitrogens with one attached hydrogen (secondary N) is 2. The summed E-state index contributed by atoms with van der Waals surface area (Å²) in [7, 11) is 0. The van der Waals surface area contributed by atoms with Crippen molar-refractivity contribution in [3.8, 4) is 0 Å². The molecule has 0 aliphatic rings. The highest BCUT2D eigenvalue weighted by molar-refractivity contribution is 7.20. The molecule has 0 atom stereocenters. The zero-order chi connectivity index (χ0) is 14.7. The summed E-state index contributed by atoms with van der Waals surface area (Å²) in [5, 5.41) is 7.13. The van der Waals surface area contributed by atoms with E-state index in [1.807, 2.05) is 13.8 Å². The molecule has 2 aromatic heterocycles. The lowest BCUT2D eigenvalue weighted by molar-refractivity contribution is 0.0952. The van der Waals surface area contributed by atoms with Gasteiger partial charge in [0, 0.05) is 13.1 Å². The summed E-state index contributed by atoms with van der Waals surface area (Å²) in [6, 6.07) is 0. The van der Waals surface area contributed by atoms with E-state index in [0.29, 0.717) is 12.5 Å². The van der Waals surface area contributed by atoms with Gasteiger partial charge in [0.25, 0.3) is 5.91 Å². The third kappa shape index (κ3) is 2.90. The van der Waals surface area contributed by atoms with E-state index in [1.165, 1.54) is 17.7 Å². The van der Waals surface area contributed by atoms with Gasteiger partial charge in [-0.2, -0.15) is 0 Å². The fraction of sp³-hybridized carbons (Fsp3) is 0.500. The zero-order valence-electron chi connectivity index (χ0n) is 12.3. The van der Waals surface area contributed by atoms with Crippen LogP contribution in [0.15, 0.2) is 6.33 Å². The molecule has 0 bridgehead atoms. The Bertz CT molecular complexity index is 621. The van der Waals surface area contributed by atoms with Crippen LogP contribution in [0.5, 0.6) is 0 Å². The maximum atomic E-state index is 12.2. The molecule has 1 amide bonds. The fourth-order valence-corrected chi connectivity index (χ4v) is 3.03. The quantitative estimate of drug-likeness (QED) is 0.889. The molecule has 0 aliphatic heterocycles. The molecule has 2 aromatic rings. The van der Waals surface area contributed by atoms with Gasteiger partial charge < -0.3 is 10.6 Å². The van der Waals surface area contributed by atoms with Gasteiger partial charge in [-0.3, -0.25) is 4.79 Å². The molecule has 2 heterocycles. The molecule has 6 heteroatoms. The number of hydrogen-bond acceptors (Lipinski definition) is 5. The largest absolute Gasteiger partial charge is 0.370 e. The van der Waals surface area contributed by atoms with Crippen LogP contribution in [0.4, 0.5) is 5.82 Å². The van der Waals surface area contributed by atoms with E-state index in [4.69, 9.17) is 0 Å². The average Bonchev–Trinajstić information content (AvgIpc) is 2.75. The van der Waals surface area contributed by atoms with Crippen molar-refractivity contribution in [3.05, 3.63) is 16.8 Å². The Balaban J connectivity index is 2.38. The fourth-order valence-electron chi connectivity index (χ4n) is 1.97. The van der Waals surface area contributed by atoms with E-state index in [-0.39, 0.29) is 5.91 Å². The highest BCUT2D eigenvalue weighted by atomic mass is 32.1. The minimum absolute atomic E-state index is 0.0263. The van der Waals surface area contributed by atoms with Crippen LogP contribution in [0.3, 0.4) is 0 Å². The lowest BCUT2D eigenvalue weighted by Crippen LogP contribution is -2.27. The molecule has 0 aromatic carbocycles. The number of hydrogen-bond donors (Lipinski definition) is 2. The summed E-state index contributed by atoms with van der Waals surface area (Å²) in [4.78, 5) is 22.3. The van der Waals surface area contributed by atoms with Crippen molar-refractivity contribution in [1.29, 1.82) is 0 Å². The van der Waals surface area contributed by atoms with Gasteiger partial charge in [0.2, 0.25) is 0 Å². The molecule has 20 heavy (non-hydrogen) atoms. The number of aryl methyl sites for hydroxylation is 1. The summed E-state index contributed by atoms with van der Waals surface area (Å²) in [5.41, 5.74) is 0.947. The average molecular weight is 292 g/mol. The second kappa shape index (κ2) is 6.17. The van der Waals surface area contributed by atoms with Crippen molar-refractivity contribution < 1.29 is 4.79 Å². The number of carbonyl (C=O) groups excluding carboxylic acids is 1. The van der Waals surface area contributed by atoms with Gasteiger partial charge in [-0.15, -0.1) is 11.3 Å². The van der Waals surface area contributed by atoms with Crippen LogP contribution in [0.25, 0.3) is 10.2 Å². The number of rotatable bonds is 5. The minimum atomic E-state index is -0.0263. The monoisotopic (exact) mass is 292 g/mol. The Morgan fingerprint density at radius 1 is 1.40 bits per heavy atom. The summed E-state index contributed by atoms with van der Waals surface area (Å²) in [6.07, 6.45) is 1.53. The number of nitrogens with zero attached hydrogens (tertiary/aromatic N) is 2. The normalized spacial score (nSPS) is 11.1. The maximum Gasteiger partial charge on any atom is 0.261 e. The SMILES string of the molecule is CCNc1ncnc2sc(C(=O)NCC(C)C)c(C)c12. The molecular formula is C14H20N4OS. The Morgan fingerprint density at radius 2 is 2.15 bits per heavy atom. The van der Waals surface area contributed by atoms with E-state index in [0.717, 1.165) is 33.0 Å². The van der Waals surface area contributed by atoms with Crippen LogP contribution >= 0.6 is 11.3 Å². The molecule has 0 spiro atoms. The van der Waals surface area contributed by atoms with Crippen LogP contribution in [0.2, 0.25) is 0 Å². The van der Waals surface area contributed by atoms with Crippen LogP contribution in [-0.2, 0) is 0 Å². The van der Waals surface area contributed by atoms with Crippen LogP contribution in [0, 0.1) is 12.8 Å². The summed E-state index contributed by atoms with van der Waals surface area (Å²) < 4.78 is 0. The van der Waals surface area contributed by atoms with Crippen molar-refractivity contribution in [2.45, 2.75) is 27.7 Å². The Morgan fingerprint density at radius 3 is 2.80 bits per heavy atom. The third-order valence-electron chi connectivity index (χ3n) is 2.95. The van der Waals surface area contributed by atoms with E-state index in [9.17, 15) is 4.79 Å². The molecule has 0 fully saturated rings. The molecular weight excluding hydrogens is 272 g/mol. The van der Waals surface area contributed by atoms with Crippen molar-refractivity contribution in [2.24, 2.45) is 5.92 Å². The van der Waals surface area contributed by atoms with Crippen molar-refractivity contribution in [2.75, 3.05) is 18.4 Å². The van der Waals surface area contributed by atoms with E-state index >= 15 is 0 Å². The van der Waals surface area contributed by atoms with E-state index in [1.54, 1.807) is 0 Å². The molecule has 0 saturated heterocycles. The Hall–Kier alpha value is -1.69. The summed E-state index contributed by atoms with van der Waals surface area (Å²) >= 11 is 1.42. The number of thiophene rings is 1. The number of anilines is 1. The molecule has 0 radical (unpaired) electrons. The summed E-state index contributed by atoms with van der Waals surface area (Å²) in [6.45, 7) is 9.59. The maximum absolute atomic E-state index is 12.2. The molecule has 5 nitrogen and oxygen atoms in total. The molecule has 0 aliphatic carbocycles. The zero-order valence-corrected chi connectivity index (χ0v) is 13.1. The van der Waals surface area contributed by atoms with Crippen molar-refractivity contribution >= 4 is 33.3 Å².